The third-order valence-corrected chi connectivity index (χ3v) is 3.06. The van der Waals surface area contributed by atoms with Crippen LogP contribution >= 0.6 is 0 Å². The predicted molar refractivity (Wildman–Crippen MR) is 77.5 cm³/mol. The number of nitrogens with one attached hydrogen (secondary N) is 1. The average Bonchev–Trinajstić information content (AvgIpc) is 2.47. The van der Waals surface area contributed by atoms with Gasteiger partial charge in [0, 0.05) is 17.7 Å². The number of benzene rings is 1. The Bertz CT molecular complexity index is 602. The van der Waals surface area contributed by atoms with Crippen LogP contribution in [0.2, 0.25) is 0 Å². The molecule has 5 heteroatoms. The SMILES string of the molecule is CCNc1ncnc(-c2cc(F)ccc2OC)c1CC. The molecule has 0 spiro atoms. The van der Waals surface area contributed by atoms with Crippen molar-refractivity contribution in [2.75, 3.05) is 19.0 Å². The Morgan fingerprint density at radius 1 is 1.25 bits per heavy atom. The van der Waals surface area contributed by atoms with Crippen molar-refractivity contribution in [2.45, 2.75) is 20.3 Å². The van der Waals surface area contributed by atoms with Gasteiger partial charge in [0.2, 0.25) is 0 Å². The number of hydrogen-bond acceptors (Lipinski definition) is 4. The first-order valence-electron chi connectivity index (χ1n) is 6.62. The van der Waals surface area contributed by atoms with Crippen LogP contribution in [0.1, 0.15) is 19.4 Å². The largest absolute Gasteiger partial charge is 0.496 e. The highest BCUT2D eigenvalue weighted by atomic mass is 19.1. The molecule has 0 unspecified atom stereocenters. The topological polar surface area (TPSA) is 47.0 Å². The van der Waals surface area contributed by atoms with Gasteiger partial charge in [0.15, 0.2) is 0 Å². The number of nitrogens with zero attached hydrogens (tertiary/aromatic N) is 2. The highest BCUT2D eigenvalue weighted by Crippen LogP contribution is 2.33. The minimum Gasteiger partial charge on any atom is -0.496 e. The van der Waals surface area contributed by atoms with Gasteiger partial charge < -0.3 is 10.1 Å². The van der Waals surface area contributed by atoms with E-state index in [0.29, 0.717) is 17.0 Å². The van der Waals surface area contributed by atoms with Crippen molar-refractivity contribution in [1.82, 2.24) is 9.97 Å². The molecular weight excluding hydrogens is 257 g/mol. The second-order valence-corrected chi connectivity index (χ2v) is 4.28. The van der Waals surface area contributed by atoms with E-state index in [4.69, 9.17) is 4.74 Å². The first-order valence-corrected chi connectivity index (χ1v) is 6.62. The second-order valence-electron chi connectivity index (χ2n) is 4.28. The summed E-state index contributed by atoms with van der Waals surface area (Å²) < 4.78 is 18.8. The molecule has 0 bridgehead atoms. The van der Waals surface area contributed by atoms with Crippen LogP contribution in [0.4, 0.5) is 10.2 Å². The average molecular weight is 275 g/mol. The van der Waals surface area contributed by atoms with Crippen molar-refractivity contribution >= 4 is 5.82 Å². The van der Waals surface area contributed by atoms with Gasteiger partial charge in [-0.2, -0.15) is 0 Å². The minimum absolute atomic E-state index is 0.313. The zero-order chi connectivity index (χ0) is 14.5. The summed E-state index contributed by atoms with van der Waals surface area (Å²) in [5.41, 5.74) is 2.30. The van der Waals surface area contributed by atoms with Crippen molar-refractivity contribution < 1.29 is 9.13 Å². The van der Waals surface area contributed by atoms with Crippen LogP contribution < -0.4 is 10.1 Å². The first kappa shape index (κ1) is 14.2. The smallest absolute Gasteiger partial charge is 0.133 e. The standard InChI is InChI=1S/C15H18FN3O/c1-4-11-14(18-9-19-15(11)17-5-2)12-8-10(16)6-7-13(12)20-3/h6-9H,4-5H2,1-3H3,(H,17,18,19). The highest BCUT2D eigenvalue weighted by Gasteiger charge is 2.15. The summed E-state index contributed by atoms with van der Waals surface area (Å²) in [6, 6.07) is 4.43. The fourth-order valence-electron chi connectivity index (χ4n) is 2.16. The first-order chi connectivity index (χ1) is 9.71. The summed E-state index contributed by atoms with van der Waals surface area (Å²) in [5.74, 6) is 1.07. The van der Waals surface area contributed by atoms with E-state index in [2.05, 4.69) is 15.3 Å². The van der Waals surface area contributed by atoms with Crippen molar-refractivity contribution in [3.05, 3.63) is 35.9 Å². The van der Waals surface area contributed by atoms with E-state index in [1.165, 1.54) is 18.5 Å². The Morgan fingerprint density at radius 3 is 2.70 bits per heavy atom. The predicted octanol–water partition coefficient (Wildman–Crippen LogP) is 3.29. The van der Waals surface area contributed by atoms with Gasteiger partial charge in [0.05, 0.1) is 12.8 Å². The Hall–Kier alpha value is -2.17. The van der Waals surface area contributed by atoms with Crippen molar-refractivity contribution in [2.24, 2.45) is 0 Å². The molecule has 1 heterocycles. The molecule has 1 aromatic carbocycles. The highest BCUT2D eigenvalue weighted by molar-refractivity contribution is 5.73. The van der Waals surface area contributed by atoms with Crippen LogP contribution in [0.3, 0.4) is 0 Å². The van der Waals surface area contributed by atoms with Crippen LogP contribution in [0.5, 0.6) is 5.75 Å². The summed E-state index contributed by atoms with van der Waals surface area (Å²) in [4.78, 5) is 8.56. The van der Waals surface area contributed by atoms with E-state index in [1.807, 2.05) is 13.8 Å². The van der Waals surface area contributed by atoms with Crippen molar-refractivity contribution in [3.8, 4) is 17.0 Å². The van der Waals surface area contributed by atoms with E-state index >= 15 is 0 Å². The molecule has 0 amide bonds. The number of anilines is 1. The lowest BCUT2D eigenvalue weighted by Gasteiger charge is -2.14. The molecule has 4 nitrogen and oxygen atoms in total. The Labute approximate surface area is 118 Å². The Balaban J connectivity index is 2.63. The number of hydrogen-bond donors (Lipinski definition) is 1. The normalized spacial score (nSPS) is 10.4. The Morgan fingerprint density at radius 2 is 2.05 bits per heavy atom. The lowest BCUT2D eigenvalue weighted by Crippen LogP contribution is -2.06. The fourth-order valence-corrected chi connectivity index (χ4v) is 2.16. The monoisotopic (exact) mass is 275 g/mol. The third kappa shape index (κ3) is 2.71. The minimum atomic E-state index is -0.313. The lowest BCUT2D eigenvalue weighted by molar-refractivity contribution is 0.415. The van der Waals surface area contributed by atoms with Gasteiger partial charge in [-0.3, -0.25) is 0 Å². The zero-order valence-corrected chi connectivity index (χ0v) is 11.9. The van der Waals surface area contributed by atoms with Crippen LogP contribution in [0.15, 0.2) is 24.5 Å². The molecule has 0 atom stereocenters. The summed E-state index contributed by atoms with van der Waals surface area (Å²) in [6.07, 6.45) is 2.23. The molecule has 0 radical (unpaired) electrons. The summed E-state index contributed by atoms with van der Waals surface area (Å²) in [6.45, 7) is 4.79. The lowest BCUT2D eigenvalue weighted by atomic mass is 10.0. The number of halogens is 1. The zero-order valence-electron chi connectivity index (χ0n) is 11.9. The number of rotatable bonds is 5. The quantitative estimate of drug-likeness (QED) is 0.909. The maximum atomic E-state index is 13.5. The van der Waals surface area contributed by atoms with Crippen molar-refractivity contribution in [1.29, 1.82) is 0 Å². The van der Waals surface area contributed by atoms with E-state index in [0.717, 1.165) is 24.3 Å². The molecule has 0 fully saturated rings. The summed E-state index contributed by atoms with van der Waals surface area (Å²) >= 11 is 0. The van der Waals surface area contributed by atoms with E-state index in [1.54, 1.807) is 13.2 Å². The molecule has 20 heavy (non-hydrogen) atoms. The van der Waals surface area contributed by atoms with Gasteiger partial charge in [0.1, 0.15) is 23.7 Å². The van der Waals surface area contributed by atoms with E-state index in [9.17, 15) is 4.39 Å². The molecule has 1 N–H and O–H groups in total. The van der Waals surface area contributed by atoms with Gasteiger partial charge in [-0.1, -0.05) is 6.92 Å². The maximum absolute atomic E-state index is 13.5. The number of methoxy groups -OCH3 is 1. The van der Waals surface area contributed by atoms with Crippen LogP contribution in [-0.2, 0) is 6.42 Å². The Kier molecular flexibility index (Phi) is 4.50. The molecule has 106 valence electrons. The summed E-state index contributed by atoms with van der Waals surface area (Å²) in [7, 11) is 1.56. The molecule has 0 saturated carbocycles. The van der Waals surface area contributed by atoms with E-state index in [-0.39, 0.29) is 5.82 Å². The number of ether oxygens (including phenoxy) is 1. The van der Waals surface area contributed by atoms with Gasteiger partial charge in [0.25, 0.3) is 0 Å². The number of aromatic nitrogens is 2. The molecule has 0 aliphatic heterocycles. The molecule has 0 saturated heterocycles. The molecule has 2 rings (SSSR count). The second kappa shape index (κ2) is 6.32. The van der Waals surface area contributed by atoms with Crippen molar-refractivity contribution in [3.63, 3.8) is 0 Å². The van der Waals surface area contributed by atoms with Crippen LogP contribution in [0, 0.1) is 5.82 Å². The molecule has 2 aromatic rings. The van der Waals surface area contributed by atoms with Gasteiger partial charge in [-0.25, -0.2) is 14.4 Å². The maximum Gasteiger partial charge on any atom is 0.133 e. The van der Waals surface area contributed by atoms with Gasteiger partial charge in [-0.05, 0) is 31.5 Å². The van der Waals surface area contributed by atoms with Gasteiger partial charge in [-0.15, -0.1) is 0 Å². The third-order valence-electron chi connectivity index (χ3n) is 3.06. The summed E-state index contributed by atoms with van der Waals surface area (Å²) in [5, 5.41) is 3.20. The van der Waals surface area contributed by atoms with Gasteiger partial charge >= 0.3 is 0 Å². The molecule has 0 aliphatic carbocycles. The molecular formula is C15H18FN3O. The van der Waals surface area contributed by atoms with E-state index < -0.39 is 0 Å². The molecule has 1 aromatic heterocycles. The van der Waals surface area contributed by atoms with Crippen LogP contribution in [-0.4, -0.2) is 23.6 Å². The molecule has 0 aliphatic rings. The fraction of sp³-hybridized carbons (Fsp3) is 0.333. The van der Waals surface area contributed by atoms with Crippen LogP contribution in [0.25, 0.3) is 11.3 Å².